The molecule has 3 nitrogen and oxygen atoms in total. The first-order chi connectivity index (χ1) is 6.00. The molecule has 0 fully saturated rings. The van der Waals surface area contributed by atoms with Gasteiger partial charge in [-0.2, -0.15) is 0 Å². The van der Waals surface area contributed by atoms with E-state index in [-0.39, 0.29) is 0 Å². The van der Waals surface area contributed by atoms with E-state index >= 15 is 0 Å². The predicted molar refractivity (Wildman–Crippen MR) is 49.7 cm³/mol. The van der Waals surface area contributed by atoms with Crippen LogP contribution in [0, 0.1) is 18.8 Å². The molecule has 1 atom stereocenters. The topological polar surface area (TPSA) is 43.4 Å². The van der Waals surface area contributed by atoms with Gasteiger partial charge in [-0.1, -0.05) is 20.8 Å². The van der Waals surface area contributed by atoms with Crippen LogP contribution in [-0.2, 0) is 6.42 Å². The molecule has 1 rings (SSSR count). The Labute approximate surface area is 77.7 Å². The normalized spacial score (nSPS) is 13.6. The highest BCUT2D eigenvalue weighted by Gasteiger charge is 2.14. The highest BCUT2D eigenvalue weighted by Crippen LogP contribution is 2.17. The standard InChI is InChI=1S/C10H16O3/c1-6(2)7(3)5-9-8(4)12-10(11)13-9/h6-7H,5H2,1-4H3. The molecule has 1 aromatic rings. The second-order valence-electron chi connectivity index (χ2n) is 3.86. The van der Waals surface area contributed by atoms with Crippen LogP contribution in [-0.4, -0.2) is 0 Å². The molecular formula is C10H16O3. The largest absolute Gasteiger partial charge is 0.519 e. The molecule has 0 aromatic carbocycles. The molecular weight excluding hydrogens is 168 g/mol. The van der Waals surface area contributed by atoms with Crippen molar-refractivity contribution in [3.8, 4) is 0 Å². The zero-order valence-electron chi connectivity index (χ0n) is 8.59. The lowest BCUT2D eigenvalue weighted by Crippen LogP contribution is -2.07. The fraction of sp³-hybridized carbons (Fsp3) is 0.700. The smallest absolute Gasteiger partial charge is 0.396 e. The highest BCUT2D eigenvalue weighted by molar-refractivity contribution is 5.01. The quantitative estimate of drug-likeness (QED) is 0.724. The summed E-state index contributed by atoms with van der Waals surface area (Å²) in [6.45, 7) is 8.20. The third-order valence-electron chi connectivity index (χ3n) is 2.48. The van der Waals surface area contributed by atoms with Gasteiger partial charge in [-0.05, 0) is 18.8 Å². The third kappa shape index (κ3) is 2.47. The van der Waals surface area contributed by atoms with Crippen LogP contribution in [0.5, 0.6) is 0 Å². The molecule has 1 unspecified atom stereocenters. The van der Waals surface area contributed by atoms with E-state index in [1.54, 1.807) is 6.92 Å². The first-order valence-electron chi connectivity index (χ1n) is 4.60. The lowest BCUT2D eigenvalue weighted by atomic mass is 9.93. The predicted octanol–water partition coefficient (Wildman–Crippen LogP) is 2.38. The van der Waals surface area contributed by atoms with Crippen molar-refractivity contribution in [1.29, 1.82) is 0 Å². The van der Waals surface area contributed by atoms with Crippen molar-refractivity contribution in [2.75, 3.05) is 0 Å². The van der Waals surface area contributed by atoms with E-state index in [1.807, 2.05) is 0 Å². The molecule has 0 radical (unpaired) electrons. The van der Waals surface area contributed by atoms with Crippen LogP contribution in [0.1, 0.15) is 32.3 Å². The van der Waals surface area contributed by atoms with Gasteiger partial charge in [0.2, 0.25) is 0 Å². The van der Waals surface area contributed by atoms with Crippen molar-refractivity contribution < 1.29 is 8.83 Å². The molecule has 0 N–H and O–H groups in total. The third-order valence-corrected chi connectivity index (χ3v) is 2.48. The summed E-state index contributed by atoms with van der Waals surface area (Å²) in [5, 5.41) is 0. The fourth-order valence-electron chi connectivity index (χ4n) is 1.09. The summed E-state index contributed by atoms with van der Waals surface area (Å²) in [5.41, 5.74) is 0. The zero-order chi connectivity index (χ0) is 10.0. The summed E-state index contributed by atoms with van der Waals surface area (Å²) in [7, 11) is 0. The summed E-state index contributed by atoms with van der Waals surface area (Å²) in [6.07, 6.45) is 0.773. The summed E-state index contributed by atoms with van der Waals surface area (Å²) in [5.74, 6) is 1.78. The molecule has 0 saturated carbocycles. The average molecular weight is 184 g/mol. The van der Waals surface area contributed by atoms with Crippen molar-refractivity contribution >= 4 is 0 Å². The van der Waals surface area contributed by atoms with Crippen LogP contribution in [0.15, 0.2) is 13.6 Å². The summed E-state index contributed by atoms with van der Waals surface area (Å²) in [4.78, 5) is 10.7. The van der Waals surface area contributed by atoms with E-state index < -0.39 is 5.82 Å². The molecule has 74 valence electrons. The van der Waals surface area contributed by atoms with E-state index in [2.05, 4.69) is 20.8 Å². The van der Waals surface area contributed by atoms with Gasteiger partial charge in [0, 0.05) is 6.42 Å². The van der Waals surface area contributed by atoms with E-state index in [4.69, 9.17) is 8.83 Å². The van der Waals surface area contributed by atoms with Gasteiger partial charge in [-0.25, -0.2) is 4.79 Å². The van der Waals surface area contributed by atoms with Gasteiger partial charge >= 0.3 is 5.82 Å². The average Bonchev–Trinajstić information content (AvgIpc) is 2.30. The molecule has 1 heterocycles. The van der Waals surface area contributed by atoms with Crippen LogP contribution in [0.25, 0.3) is 0 Å². The van der Waals surface area contributed by atoms with Gasteiger partial charge in [0.1, 0.15) is 11.5 Å². The fourth-order valence-corrected chi connectivity index (χ4v) is 1.09. The maximum atomic E-state index is 10.7. The first-order valence-corrected chi connectivity index (χ1v) is 4.60. The monoisotopic (exact) mass is 184 g/mol. The van der Waals surface area contributed by atoms with Crippen molar-refractivity contribution in [2.45, 2.75) is 34.1 Å². The molecule has 0 aliphatic carbocycles. The second kappa shape index (κ2) is 3.81. The van der Waals surface area contributed by atoms with Crippen LogP contribution in [0.4, 0.5) is 0 Å². The second-order valence-corrected chi connectivity index (χ2v) is 3.86. The van der Waals surface area contributed by atoms with Crippen LogP contribution in [0.3, 0.4) is 0 Å². The van der Waals surface area contributed by atoms with Crippen molar-refractivity contribution in [1.82, 2.24) is 0 Å². The number of aryl methyl sites for hydroxylation is 1. The lowest BCUT2D eigenvalue weighted by Gasteiger charge is -2.12. The summed E-state index contributed by atoms with van der Waals surface area (Å²) >= 11 is 0. The molecule has 0 amide bonds. The number of rotatable bonds is 3. The molecule has 0 aliphatic heterocycles. The Kier molecular flexibility index (Phi) is 2.96. The van der Waals surface area contributed by atoms with Crippen LogP contribution in [0.2, 0.25) is 0 Å². The number of hydrogen-bond donors (Lipinski definition) is 0. The summed E-state index contributed by atoms with van der Waals surface area (Å²) < 4.78 is 9.69. The first kappa shape index (κ1) is 10.1. The van der Waals surface area contributed by atoms with Crippen molar-refractivity contribution in [3.63, 3.8) is 0 Å². The Bertz CT molecular complexity index is 319. The highest BCUT2D eigenvalue weighted by atomic mass is 16.6. The minimum atomic E-state index is -0.594. The minimum Gasteiger partial charge on any atom is -0.396 e. The Morgan fingerprint density at radius 3 is 2.23 bits per heavy atom. The maximum absolute atomic E-state index is 10.7. The molecule has 0 bridgehead atoms. The number of hydrogen-bond acceptors (Lipinski definition) is 3. The Morgan fingerprint density at radius 2 is 1.85 bits per heavy atom. The van der Waals surface area contributed by atoms with Gasteiger partial charge in [0.25, 0.3) is 0 Å². The van der Waals surface area contributed by atoms with E-state index in [0.29, 0.717) is 23.4 Å². The van der Waals surface area contributed by atoms with Crippen molar-refractivity contribution in [2.24, 2.45) is 11.8 Å². The van der Waals surface area contributed by atoms with Gasteiger partial charge in [-0.3, -0.25) is 0 Å². The van der Waals surface area contributed by atoms with Gasteiger partial charge in [-0.15, -0.1) is 0 Å². The van der Waals surface area contributed by atoms with E-state index in [1.165, 1.54) is 0 Å². The van der Waals surface area contributed by atoms with E-state index in [9.17, 15) is 4.79 Å². The molecule has 1 aromatic heterocycles. The maximum Gasteiger partial charge on any atom is 0.519 e. The van der Waals surface area contributed by atoms with Crippen LogP contribution >= 0.6 is 0 Å². The van der Waals surface area contributed by atoms with E-state index in [0.717, 1.165) is 6.42 Å². The Hall–Kier alpha value is -0.990. The lowest BCUT2D eigenvalue weighted by molar-refractivity contribution is 0.344. The molecule has 3 heteroatoms. The zero-order valence-corrected chi connectivity index (χ0v) is 8.59. The summed E-state index contributed by atoms with van der Waals surface area (Å²) in [6, 6.07) is 0. The minimum absolute atomic E-state index is 0.499. The van der Waals surface area contributed by atoms with Crippen LogP contribution < -0.4 is 5.82 Å². The SMILES string of the molecule is Cc1oc(=O)oc1CC(C)C(C)C. The Balaban J connectivity index is 2.74. The van der Waals surface area contributed by atoms with Gasteiger partial charge in [0.05, 0.1) is 0 Å². The molecule has 0 saturated heterocycles. The van der Waals surface area contributed by atoms with Gasteiger partial charge < -0.3 is 8.83 Å². The molecule has 0 spiro atoms. The Morgan fingerprint density at radius 1 is 1.23 bits per heavy atom. The molecule has 0 aliphatic rings. The van der Waals surface area contributed by atoms with Gasteiger partial charge in [0.15, 0.2) is 0 Å². The molecule has 13 heavy (non-hydrogen) atoms. The van der Waals surface area contributed by atoms with Crippen molar-refractivity contribution in [3.05, 3.63) is 22.1 Å².